The average molecular weight is 274 g/mol. The zero-order valence-corrected chi connectivity index (χ0v) is 12.5. The normalized spacial score (nSPS) is 21.4. The molecule has 0 amide bonds. The molecule has 0 bridgehead atoms. The number of nitrogens with one attached hydrogen (secondary N) is 1. The van der Waals surface area contributed by atoms with Gasteiger partial charge >= 0.3 is 0 Å². The molecule has 1 saturated heterocycles. The topological polar surface area (TPSA) is 24.5 Å². The van der Waals surface area contributed by atoms with E-state index in [4.69, 9.17) is 4.74 Å². The van der Waals surface area contributed by atoms with Gasteiger partial charge in [0.25, 0.3) is 0 Å². The third-order valence-corrected chi connectivity index (χ3v) is 4.57. The zero-order valence-electron chi connectivity index (χ0n) is 12.5. The molecule has 0 aromatic heterocycles. The van der Waals surface area contributed by atoms with Crippen LogP contribution in [-0.2, 0) is 4.74 Å². The van der Waals surface area contributed by atoms with E-state index in [9.17, 15) is 0 Å². The third-order valence-electron chi connectivity index (χ3n) is 4.57. The molecule has 1 aliphatic heterocycles. The van der Waals surface area contributed by atoms with E-state index in [0.29, 0.717) is 6.04 Å². The van der Waals surface area contributed by atoms with Crippen LogP contribution in [0.5, 0.6) is 0 Å². The van der Waals surface area contributed by atoms with E-state index in [1.54, 1.807) is 0 Å². The van der Waals surface area contributed by atoms with Gasteiger partial charge in [-0.25, -0.2) is 0 Å². The summed E-state index contributed by atoms with van der Waals surface area (Å²) in [5.41, 5.74) is 2.61. The Kier molecular flexibility index (Phi) is 4.46. The van der Waals surface area contributed by atoms with E-state index >= 15 is 0 Å². The summed E-state index contributed by atoms with van der Waals surface area (Å²) < 4.78 is 5.45. The van der Waals surface area contributed by atoms with E-state index in [-0.39, 0.29) is 0 Å². The van der Waals surface area contributed by atoms with Crippen LogP contribution in [0.4, 0.5) is 11.4 Å². The number of benzene rings is 1. The van der Waals surface area contributed by atoms with Gasteiger partial charge in [0.15, 0.2) is 0 Å². The standard InChI is InChI=1S/C17H26N2O/c1-14(13-15-5-4-6-15)18-16-7-2-3-8-17(16)19-9-11-20-12-10-19/h2-3,7-8,14-15,18H,4-6,9-13H2,1H3. The molecule has 0 radical (unpaired) electrons. The van der Waals surface area contributed by atoms with Crippen LogP contribution in [0.15, 0.2) is 24.3 Å². The largest absolute Gasteiger partial charge is 0.381 e. The summed E-state index contributed by atoms with van der Waals surface area (Å²) in [6.45, 7) is 5.98. The van der Waals surface area contributed by atoms with Crippen molar-refractivity contribution in [3.63, 3.8) is 0 Å². The Balaban J connectivity index is 1.65. The van der Waals surface area contributed by atoms with Crippen LogP contribution in [0.2, 0.25) is 0 Å². The van der Waals surface area contributed by atoms with E-state index < -0.39 is 0 Å². The Labute approximate surface area is 122 Å². The molecule has 3 rings (SSSR count). The maximum Gasteiger partial charge on any atom is 0.0642 e. The van der Waals surface area contributed by atoms with Crippen molar-refractivity contribution in [3.8, 4) is 0 Å². The van der Waals surface area contributed by atoms with Crippen molar-refractivity contribution in [2.45, 2.75) is 38.6 Å². The smallest absolute Gasteiger partial charge is 0.0642 e. The lowest BCUT2D eigenvalue weighted by Gasteiger charge is -2.33. The van der Waals surface area contributed by atoms with Gasteiger partial charge in [-0.3, -0.25) is 0 Å². The van der Waals surface area contributed by atoms with Crippen molar-refractivity contribution in [2.75, 3.05) is 36.5 Å². The van der Waals surface area contributed by atoms with Gasteiger partial charge in [-0.05, 0) is 31.4 Å². The van der Waals surface area contributed by atoms with Crippen molar-refractivity contribution in [2.24, 2.45) is 5.92 Å². The second kappa shape index (κ2) is 6.49. The minimum atomic E-state index is 0.558. The number of morpholine rings is 1. The van der Waals surface area contributed by atoms with Crippen LogP contribution in [0.3, 0.4) is 0 Å². The van der Waals surface area contributed by atoms with Gasteiger partial charge in [0.05, 0.1) is 24.6 Å². The van der Waals surface area contributed by atoms with Crippen LogP contribution >= 0.6 is 0 Å². The summed E-state index contributed by atoms with van der Waals surface area (Å²) in [5, 5.41) is 3.72. The Morgan fingerprint density at radius 3 is 2.70 bits per heavy atom. The van der Waals surface area contributed by atoms with E-state index in [0.717, 1.165) is 32.2 Å². The highest BCUT2D eigenvalue weighted by Gasteiger charge is 2.21. The van der Waals surface area contributed by atoms with E-state index in [1.165, 1.54) is 37.1 Å². The molecule has 0 spiro atoms. The lowest BCUT2D eigenvalue weighted by Crippen LogP contribution is -2.37. The maximum absolute atomic E-state index is 5.45. The number of rotatable bonds is 5. The van der Waals surface area contributed by atoms with Crippen LogP contribution in [-0.4, -0.2) is 32.3 Å². The first-order valence-corrected chi connectivity index (χ1v) is 8.01. The molecule has 1 atom stereocenters. The van der Waals surface area contributed by atoms with E-state index in [2.05, 4.69) is 41.4 Å². The predicted octanol–water partition coefficient (Wildman–Crippen LogP) is 3.51. The monoisotopic (exact) mass is 274 g/mol. The number of ether oxygens (including phenoxy) is 1. The molecule has 1 N–H and O–H groups in total. The fraction of sp³-hybridized carbons (Fsp3) is 0.647. The third kappa shape index (κ3) is 3.26. The van der Waals surface area contributed by atoms with Crippen molar-refractivity contribution in [1.29, 1.82) is 0 Å². The minimum Gasteiger partial charge on any atom is -0.381 e. The summed E-state index contributed by atoms with van der Waals surface area (Å²) in [4.78, 5) is 2.43. The fourth-order valence-corrected chi connectivity index (χ4v) is 3.23. The second-order valence-electron chi connectivity index (χ2n) is 6.19. The van der Waals surface area contributed by atoms with Gasteiger partial charge in [-0.15, -0.1) is 0 Å². The lowest BCUT2D eigenvalue weighted by molar-refractivity contribution is 0.123. The molecule has 1 heterocycles. The molecule has 110 valence electrons. The van der Waals surface area contributed by atoms with E-state index in [1.807, 2.05) is 0 Å². The Hall–Kier alpha value is -1.22. The van der Waals surface area contributed by atoms with Crippen molar-refractivity contribution < 1.29 is 4.74 Å². The first-order valence-electron chi connectivity index (χ1n) is 8.01. The number of hydrogen-bond donors (Lipinski definition) is 1. The van der Waals surface area contributed by atoms with Crippen LogP contribution in [0, 0.1) is 5.92 Å². The van der Waals surface area contributed by atoms with Gasteiger partial charge in [0.2, 0.25) is 0 Å². The molecule has 2 fully saturated rings. The van der Waals surface area contributed by atoms with Gasteiger partial charge < -0.3 is 15.0 Å². The quantitative estimate of drug-likeness (QED) is 0.889. The van der Waals surface area contributed by atoms with Gasteiger partial charge in [-0.1, -0.05) is 31.4 Å². The number of anilines is 2. The Morgan fingerprint density at radius 1 is 1.25 bits per heavy atom. The summed E-state index contributed by atoms with van der Waals surface area (Å²) in [7, 11) is 0. The number of para-hydroxylation sites is 2. The summed E-state index contributed by atoms with van der Waals surface area (Å²) >= 11 is 0. The molecule has 1 aromatic carbocycles. The van der Waals surface area contributed by atoms with Crippen LogP contribution in [0.1, 0.15) is 32.6 Å². The molecule has 3 heteroatoms. The van der Waals surface area contributed by atoms with Crippen molar-refractivity contribution in [1.82, 2.24) is 0 Å². The summed E-state index contributed by atoms with van der Waals surface area (Å²) in [6, 6.07) is 9.25. The summed E-state index contributed by atoms with van der Waals surface area (Å²) in [6.07, 6.45) is 5.59. The Bertz CT molecular complexity index is 425. The van der Waals surface area contributed by atoms with Crippen molar-refractivity contribution >= 4 is 11.4 Å². The molecular formula is C17H26N2O. The molecule has 1 aromatic rings. The Morgan fingerprint density at radius 2 is 2.00 bits per heavy atom. The number of nitrogens with zero attached hydrogens (tertiary/aromatic N) is 1. The minimum absolute atomic E-state index is 0.558. The SMILES string of the molecule is CC(CC1CCC1)Nc1ccccc1N1CCOCC1. The average Bonchev–Trinajstić information content (AvgIpc) is 2.45. The summed E-state index contributed by atoms with van der Waals surface area (Å²) in [5.74, 6) is 0.952. The zero-order chi connectivity index (χ0) is 13.8. The van der Waals surface area contributed by atoms with Crippen LogP contribution in [0.25, 0.3) is 0 Å². The molecule has 1 aliphatic carbocycles. The van der Waals surface area contributed by atoms with Crippen molar-refractivity contribution in [3.05, 3.63) is 24.3 Å². The first kappa shape index (κ1) is 13.7. The highest BCUT2D eigenvalue weighted by atomic mass is 16.5. The predicted molar refractivity (Wildman–Crippen MR) is 84.5 cm³/mol. The highest BCUT2D eigenvalue weighted by molar-refractivity contribution is 5.70. The maximum atomic E-state index is 5.45. The molecule has 3 nitrogen and oxygen atoms in total. The van der Waals surface area contributed by atoms with Gasteiger partial charge in [0, 0.05) is 19.1 Å². The number of hydrogen-bond acceptors (Lipinski definition) is 3. The van der Waals surface area contributed by atoms with Gasteiger partial charge in [-0.2, -0.15) is 0 Å². The fourth-order valence-electron chi connectivity index (χ4n) is 3.23. The highest BCUT2D eigenvalue weighted by Crippen LogP contribution is 2.32. The van der Waals surface area contributed by atoms with Gasteiger partial charge in [0.1, 0.15) is 0 Å². The molecule has 1 unspecified atom stereocenters. The molecule has 1 saturated carbocycles. The second-order valence-corrected chi connectivity index (χ2v) is 6.19. The molecular weight excluding hydrogens is 248 g/mol. The lowest BCUT2D eigenvalue weighted by atomic mass is 9.81. The molecule has 2 aliphatic rings. The van der Waals surface area contributed by atoms with Crippen LogP contribution < -0.4 is 10.2 Å². The first-order chi connectivity index (χ1) is 9.83. The molecule has 20 heavy (non-hydrogen) atoms.